The quantitative estimate of drug-likeness (QED) is 0.865. The van der Waals surface area contributed by atoms with E-state index in [0.29, 0.717) is 6.04 Å². The summed E-state index contributed by atoms with van der Waals surface area (Å²) in [5.74, 6) is 0.120. The van der Waals surface area contributed by atoms with Crippen molar-refractivity contribution in [3.8, 4) is 0 Å². The van der Waals surface area contributed by atoms with E-state index in [0.717, 1.165) is 50.3 Å². The van der Waals surface area contributed by atoms with E-state index in [4.69, 9.17) is 0 Å². The van der Waals surface area contributed by atoms with Gasteiger partial charge >= 0.3 is 0 Å². The van der Waals surface area contributed by atoms with Gasteiger partial charge in [0.25, 0.3) is 5.91 Å². The summed E-state index contributed by atoms with van der Waals surface area (Å²) in [4.78, 5) is 17.0. The Morgan fingerprint density at radius 3 is 2.31 bits per heavy atom. The van der Waals surface area contributed by atoms with E-state index in [1.807, 2.05) is 30.1 Å². The first-order chi connectivity index (χ1) is 12.7. The molecule has 2 aromatic carbocycles. The van der Waals surface area contributed by atoms with E-state index < -0.39 is 0 Å². The maximum Gasteiger partial charge on any atom is 0.253 e. The van der Waals surface area contributed by atoms with E-state index >= 15 is 0 Å². The van der Waals surface area contributed by atoms with Gasteiger partial charge in [0, 0.05) is 37.4 Å². The summed E-state index contributed by atoms with van der Waals surface area (Å²) in [6.07, 6.45) is 2.06. The van der Waals surface area contributed by atoms with Crippen LogP contribution in [0.1, 0.15) is 35.7 Å². The van der Waals surface area contributed by atoms with Crippen LogP contribution in [0.2, 0.25) is 0 Å². The Morgan fingerprint density at radius 1 is 1.04 bits per heavy atom. The van der Waals surface area contributed by atoms with Crippen molar-refractivity contribution in [2.45, 2.75) is 32.4 Å². The van der Waals surface area contributed by atoms with Crippen molar-refractivity contribution < 1.29 is 4.79 Å². The number of nitrogens with zero attached hydrogens (tertiary/aromatic N) is 2. The van der Waals surface area contributed by atoms with Crippen LogP contribution in [0.15, 0.2) is 54.6 Å². The lowest BCUT2D eigenvalue weighted by molar-refractivity contribution is 0.0703. The third-order valence-electron chi connectivity index (χ3n) is 5.25. The van der Waals surface area contributed by atoms with E-state index in [2.05, 4.69) is 53.5 Å². The highest BCUT2D eigenvalue weighted by Gasteiger charge is 2.22. The largest absolute Gasteiger partial charge is 0.367 e. The minimum Gasteiger partial charge on any atom is -0.367 e. The van der Waals surface area contributed by atoms with Crippen LogP contribution < -0.4 is 10.2 Å². The Morgan fingerprint density at radius 2 is 1.69 bits per heavy atom. The SMILES string of the molecule is CCN(Cc1ccccc1)c1ccc(C(=O)N(C)C2CCNCC2)cc1. The zero-order chi connectivity index (χ0) is 18.4. The van der Waals surface area contributed by atoms with Crippen LogP contribution in [-0.2, 0) is 6.54 Å². The number of carbonyl (C=O) groups is 1. The minimum absolute atomic E-state index is 0.120. The van der Waals surface area contributed by atoms with Gasteiger partial charge in [-0.1, -0.05) is 30.3 Å². The molecule has 3 rings (SSSR count). The summed E-state index contributed by atoms with van der Waals surface area (Å²) in [7, 11) is 1.93. The number of nitrogens with one attached hydrogen (secondary N) is 1. The molecule has 1 aliphatic heterocycles. The average Bonchev–Trinajstić information content (AvgIpc) is 2.72. The number of anilines is 1. The zero-order valence-corrected chi connectivity index (χ0v) is 15.8. The number of hydrogen-bond acceptors (Lipinski definition) is 3. The maximum atomic E-state index is 12.8. The monoisotopic (exact) mass is 351 g/mol. The highest BCUT2D eigenvalue weighted by Crippen LogP contribution is 2.20. The standard InChI is InChI=1S/C22H29N3O/c1-3-25(17-18-7-5-4-6-8-18)21-11-9-19(10-12-21)22(26)24(2)20-13-15-23-16-14-20/h4-12,20,23H,3,13-17H2,1-2H3. The molecule has 0 bridgehead atoms. The summed E-state index contributed by atoms with van der Waals surface area (Å²) in [6, 6.07) is 18.9. The summed E-state index contributed by atoms with van der Waals surface area (Å²) in [6.45, 7) is 5.95. The summed E-state index contributed by atoms with van der Waals surface area (Å²) >= 11 is 0. The number of piperidine rings is 1. The molecule has 26 heavy (non-hydrogen) atoms. The van der Waals surface area contributed by atoms with Crippen molar-refractivity contribution in [3.05, 3.63) is 65.7 Å². The van der Waals surface area contributed by atoms with Gasteiger partial charge in [-0.15, -0.1) is 0 Å². The first-order valence-corrected chi connectivity index (χ1v) is 9.56. The molecule has 1 aliphatic rings. The van der Waals surface area contributed by atoms with Crippen LogP contribution >= 0.6 is 0 Å². The molecular weight excluding hydrogens is 322 g/mol. The van der Waals surface area contributed by atoms with Gasteiger partial charge in [-0.2, -0.15) is 0 Å². The molecule has 2 aromatic rings. The lowest BCUT2D eigenvalue weighted by atomic mass is 10.0. The fourth-order valence-electron chi connectivity index (χ4n) is 3.57. The van der Waals surface area contributed by atoms with Crippen LogP contribution in [0.3, 0.4) is 0 Å². The zero-order valence-electron chi connectivity index (χ0n) is 15.8. The van der Waals surface area contributed by atoms with Gasteiger partial charge in [0.05, 0.1) is 0 Å². The smallest absolute Gasteiger partial charge is 0.253 e. The fourth-order valence-corrected chi connectivity index (χ4v) is 3.57. The molecule has 0 radical (unpaired) electrons. The predicted molar refractivity (Wildman–Crippen MR) is 108 cm³/mol. The van der Waals surface area contributed by atoms with Crippen molar-refractivity contribution in [2.24, 2.45) is 0 Å². The van der Waals surface area contributed by atoms with Gasteiger partial charge in [-0.3, -0.25) is 4.79 Å². The van der Waals surface area contributed by atoms with Crippen LogP contribution in [0, 0.1) is 0 Å². The van der Waals surface area contributed by atoms with Gasteiger partial charge in [0.15, 0.2) is 0 Å². The first-order valence-electron chi connectivity index (χ1n) is 9.56. The van der Waals surface area contributed by atoms with Crippen LogP contribution in [0.25, 0.3) is 0 Å². The molecule has 4 heteroatoms. The van der Waals surface area contributed by atoms with Crippen molar-refractivity contribution in [2.75, 3.05) is 31.6 Å². The van der Waals surface area contributed by atoms with Crippen LogP contribution in [0.4, 0.5) is 5.69 Å². The third kappa shape index (κ3) is 4.44. The maximum absolute atomic E-state index is 12.8. The van der Waals surface area contributed by atoms with Gasteiger partial charge < -0.3 is 15.1 Å². The molecule has 0 unspecified atom stereocenters. The summed E-state index contributed by atoms with van der Waals surface area (Å²) in [5, 5.41) is 3.35. The first kappa shape index (κ1) is 18.5. The second-order valence-electron chi connectivity index (χ2n) is 6.94. The second-order valence-corrected chi connectivity index (χ2v) is 6.94. The minimum atomic E-state index is 0.120. The van der Waals surface area contributed by atoms with Crippen molar-refractivity contribution >= 4 is 11.6 Å². The Bertz CT molecular complexity index is 693. The molecule has 1 fully saturated rings. The van der Waals surface area contributed by atoms with E-state index in [9.17, 15) is 4.79 Å². The second kappa shape index (κ2) is 8.86. The number of rotatable bonds is 6. The van der Waals surface area contributed by atoms with Gasteiger partial charge in [0.2, 0.25) is 0 Å². The lowest BCUT2D eigenvalue weighted by Gasteiger charge is -2.32. The van der Waals surface area contributed by atoms with Crippen LogP contribution in [-0.4, -0.2) is 43.5 Å². The molecule has 0 aromatic heterocycles. The number of hydrogen-bond donors (Lipinski definition) is 1. The van der Waals surface area contributed by atoms with Gasteiger partial charge in [0.1, 0.15) is 0 Å². The Hall–Kier alpha value is -2.33. The molecule has 1 heterocycles. The molecule has 4 nitrogen and oxygen atoms in total. The predicted octanol–water partition coefficient (Wildman–Crippen LogP) is 3.54. The van der Waals surface area contributed by atoms with Crippen molar-refractivity contribution in [1.29, 1.82) is 0 Å². The fraction of sp³-hybridized carbons (Fsp3) is 0.409. The third-order valence-corrected chi connectivity index (χ3v) is 5.25. The molecule has 1 N–H and O–H groups in total. The number of carbonyl (C=O) groups excluding carboxylic acids is 1. The number of benzene rings is 2. The highest BCUT2D eigenvalue weighted by atomic mass is 16.2. The molecule has 0 aliphatic carbocycles. The Balaban J connectivity index is 1.67. The normalized spacial score (nSPS) is 14.8. The van der Waals surface area contributed by atoms with Crippen molar-refractivity contribution in [1.82, 2.24) is 10.2 Å². The average molecular weight is 351 g/mol. The topological polar surface area (TPSA) is 35.6 Å². The van der Waals surface area contributed by atoms with Gasteiger partial charge in [-0.05, 0) is 62.7 Å². The molecule has 0 spiro atoms. The summed E-state index contributed by atoms with van der Waals surface area (Å²) in [5.41, 5.74) is 3.21. The molecule has 0 saturated carbocycles. The lowest BCUT2D eigenvalue weighted by Crippen LogP contribution is -2.43. The highest BCUT2D eigenvalue weighted by molar-refractivity contribution is 5.94. The Labute approximate surface area is 156 Å². The molecule has 1 saturated heterocycles. The van der Waals surface area contributed by atoms with Crippen molar-refractivity contribution in [3.63, 3.8) is 0 Å². The molecule has 138 valence electrons. The number of amides is 1. The Kier molecular flexibility index (Phi) is 6.29. The van der Waals surface area contributed by atoms with E-state index in [1.165, 1.54) is 5.56 Å². The summed E-state index contributed by atoms with van der Waals surface area (Å²) < 4.78 is 0. The molecule has 0 atom stereocenters. The van der Waals surface area contributed by atoms with Crippen LogP contribution in [0.5, 0.6) is 0 Å². The van der Waals surface area contributed by atoms with E-state index in [1.54, 1.807) is 0 Å². The van der Waals surface area contributed by atoms with E-state index in [-0.39, 0.29) is 5.91 Å². The molecular formula is C22H29N3O. The molecule has 1 amide bonds. The van der Waals surface area contributed by atoms with Gasteiger partial charge in [-0.25, -0.2) is 0 Å².